The SMILES string of the molecule is Cc1ccc(Cc2cc3nc(-c4ccc(C5(CO)CC5)cc4)c(Cl)cc3[nH]2)cc1C. The molecule has 1 saturated carbocycles. The van der Waals surface area contributed by atoms with Crippen LogP contribution < -0.4 is 0 Å². The Labute approximate surface area is 181 Å². The number of hydrogen-bond acceptors (Lipinski definition) is 2. The van der Waals surface area contributed by atoms with Crippen LogP contribution in [0.25, 0.3) is 22.3 Å². The molecule has 30 heavy (non-hydrogen) atoms. The number of fused-ring (bicyclic) bond motifs is 1. The van der Waals surface area contributed by atoms with E-state index in [0.717, 1.165) is 47.2 Å². The van der Waals surface area contributed by atoms with Crippen molar-refractivity contribution >= 4 is 22.6 Å². The summed E-state index contributed by atoms with van der Waals surface area (Å²) in [6.07, 6.45) is 2.95. The molecule has 2 N–H and O–H groups in total. The van der Waals surface area contributed by atoms with Crippen molar-refractivity contribution in [2.45, 2.75) is 38.5 Å². The smallest absolute Gasteiger partial charge is 0.0897 e. The molecule has 0 spiro atoms. The maximum absolute atomic E-state index is 9.66. The number of rotatable bonds is 5. The third-order valence-corrected chi connectivity index (χ3v) is 6.79. The van der Waals surface area contributed by atoms with Gasteiger partial charge in [-0.25, -0.2) is 4.98 Å². The van der Waals surface area contributed by atoms with Gasteiger partial charge in [-0.2, -0.15) is 0 Å². The van der Waals surface area contributed by atoms with Crippen molar-refractivity contribution in [3.63, 3.8) is 0 Å². The molecular weight excluding hydrogens is 392 g/mol. The highest BCUT2D eigenvalue weighted by Gasteiger charge is 2.43. The first-order valence-electron chi connectivity index (χ1n) is 10.4. The van der Waals surface area contributed by atoms with E-state index in [1.54, 1.807) is 0 Å². The lowest BCUT2D eigenvalue weighted by molar-refractivity contribution is 0.255. The molecule has 3 nitrogen and oxygen atoms in total. The average molecular weight is 417 g/mol. The highest BCUT2D eigenvalue weighted by Crippen LogP contribution is 2.48. The minimum Gasteiger partial charge on any atom is -0.395 e. The Morgan fingerprint density at radius 2 is 1.77 bits per heavy atom. The molecule has 0 atom stereocenters. The number of aromatic amines is 1. The molecule has 1 aliphatic carbocycles. The number of nitrogens with one attached hydrogen (secondary N) is 1. The topological polar surface area (TPSA) is 48.9 Å². The predicted octanol–water partition coefficient (Wildman–Crippen LogP) is 6.11. The lowest BCUT2D eigenvalue weighted by atomic mass is 9.95. The van der Waals surface area contributed by atoms with Gasteiger partial charge in [0.15, 0.2) is 0 Å². The molecule has 4 heteroatoms. The minimum atomic E-state index is -0.0242. The molecule has 2 aromatic heterocycles. The molecule has 0 unspecified atom stereocenters. The fraction of sp³-hybridized carbons (Fsp3) is 0.269. The third kappa shape index (κ3) is 3.42. The second kappa shape index (κ2) is 7.26. The van der Waals surface area contributed by atoms with Crippen molar-refractivity contribution < 1.29 is 5.11 Å². The number of nitrogens with zero attached hydrogens (tertiary/aromatic N) is 1. The molecule has 152 valence electrons. The number of halogens is 1. The van der Waals surface area contributed by atoms with E-state index in [9.17, 15) is 5.11 Å². The summed E-state index contributed by atoms with van der Waals surface area (Å²) in [5.41, 5.74) is 9.87. The monoisotopic (exact) mass is 416 g/mol. The van der Waals surface area contributed by atoms with E-state index >= 15 is 0 Å². The molecule has 1 aliphatic rings. The number of aryl methyl sites for hydroxylation is 2. The number of aromatic nitrogens is 2. The summed E-state index contributed by atoms with van der Waals surface area (Å²) in [6, 6.07) is 19.0. The standard InChI is InChI=1S/C26H25ClN2O/c1-16-3-4-18(11-17(16)2)12-21-13-23-24(28-21)14-22(27)25(29-23)19-5-7-20(8-6-19)26(15-30)9-10-26/h3-8,11,13-14,28,30H,9-10,12,15H2,1-2H3. The van der Waals surface area contributed by atoms with E-state index in [4.69, 9.17) is 16.6 Å². The van der Waals surface area contributed by atoms with Crippen LogP contribution in [0, 0.1) is 13.8 Å². The second-order valence-corrected chi connectivity index (χ2v) is 9.06. The van der Waals surface area contributed by atoms with Gasteiger partial charge in [0.05, 0.1) is 28.4 Å². The summed E-state index contributed by atoms with van der Waals surface area (Å²) in [5, 5.41) is 10.3. The zero-order valence-corrected chi connectivity index (χ0v) is 18.1. The Morgan fingerprint density at radius 3 is 2.43 bits per heavy atom. The van der Waals surface area contributed by atoms with Crippen molar-refractivity contribution in [3.05, 3.63) is 87.6 Å². The molecule has 1 fully saturated rings. The quantitative estimate of drug-likeness (QED) is 0.412. The minimum absolute atomic E-state index is 0.0242. The number of pyridine rings is 1. The summed E-state index contributed by atoms with van der Waals surface area (Å²) in [6.45, 7) is 4.49. The van der Waals surface area contributed by atoms with E-state index in [2.05, 4.69) is 67.4 Å². The maximum Gasteiger partial charge on any atom is 0.0897 e. The number of aliphatic hydroxyl groups excluding tert-OH is 1. The summed E-state index contributed by atoms with van der Waals surface area (Å²) in [4.78, 5) is 8.32. The van der Waals surface area contributed by atoms with Gasteiger partial charge in [-0.05, 0) is 61.1 Å². The highest BCUT2D eigenvalue weighted by atomic mass is 35.5. The van der Waals surface area contributed by atoms with Crippen LogP contribution in [0.2, 0.25) is 5.02 Å². The van der Waals surface area contributed by atoms with Gasteiger partial charge in [-0.1, -0.05) is 54.1 Å². The van der Waals surface area contributed by atoms with Gasteiger partial charge in [-0.15, -0.1) is 0 Å². The summed E-state index contributed by atoms with van der Waals surface area (Å²) in [5.74, 6) is 0. The second-order valence-electron chi connectivity index (χ2n) is 8.66. The van der Waals surface area contributed by atoms with Crippen LogP contribution in [0.5, 0.6) is 0 Å². The highest BCUT2D eigenvalue weighted by molar-refractivity contribution is 6.33. The lowest BCUT2D eigenvalue weighted by Crippen LogP contribution is -2.11. The van der Waals surface area contributed by atoms with Crippen LogP contribution in [-0.2, 0) is 11.8 Å². The molecule has 0 aliphatic heterocycles. The molecule has 2 aromatic carbocycles. The molecular formula is C26H25ClN2O. The zero-order valence-electron chi connectivity index (χ0n) is 17.3. The Hall–Kier alpha value is -2.62. The first-order valence-corrected chi connectivity index (χ1v) is 10.8. The molecule has 4 aromatic rings. The van der Waals surface area contributed by atoms with Crippen molar-refractivity contribution in [1.82, 2.24) is 9.97 Å². The predicted molar refractivity (Wildman–Crippen MR) is 123 cm³/mol. The molecule has 2 heterocycles. The number of aliphatic hydroxyl groups is 1. The fourth-order valence-electron chi connectivity index (χ4n) is 4.19. The van der Waals surface area contributed by atoms with Crippen molar-refractivity contribution in [2.24, 2.45) is 0 Å². The Balaban J connectivity index is 1.45. The molecule has 0 amide bonds. The Bertz CT molecular complexity index is 1240. The fourth-order valence-corrected chi connectivity index (χ4v) is 4.45. The van der Waals surface area contributed by atoms with Gasteiger partial charge in [-0.3, -0.25) is 0 Å². The van der Waals surface area contributed by atoms with Crippen LogP contribution in [0.4, 0.5) is 0 Å². The maximum atomic E-state index is 9.66. The third-order valence-electron chi connectivity index (χ3n) is 6.50. The number of benzene rings is 2. The van der Waals surface area contributed by atoms with Crippen molar-refractivity contribution in [2.75, 3.05) is 6.61 Å². The van der Waals surface area contributed by atoms with Gasteiger partial charge in [0.1, 0.15) is 0 Å². The van der Waals surface area contributed by atoms with Crippen molar-refractivity contribution in [3.8, 4) is 11.3 Å². The van der Waals surface area contributed by atoms with Gasteiger partial charge >= 0.3 is 0 Å². The largest absolute Gasteiger partial charge is 0.395 e. The molecule has 5 rings (SSSR count). The van der Waals surface area contributed by atoms with Gasteiger partial charge in [0.2, 0.25) is 0 Å². The van der Waals surface area contributed by atoms with E-state index in [-0.39, 0.29) is 12.0 Å². The first kappa shape index (κ1) is 19.3. The van der Waals surface area contributed by atoms with Crippen LogP contribution >= 0.6 is 11.6 Å². The first-order chi connectivity index (χ1) is 14.5. The molecule has 0 saturated heterocycles. The summed E-state index contributed by atoms with van der Waals surface area (Å²) < 4.78 is 0. The number of hydrogen-bond donors (Lipinski definition) is 2. The van der Waals surface area contributed by atoms with Gasteiger partial charge in [0.25, 0.3) is 0 Å². The van der Waals surface area contributed by atoms with Crippen molar-refractivity contribution in [1.29, 1.82) is 0 Å². The molecule has 0 bridgehead atoms. The van der Waals surface area contributed by atoms with E-state index < -0.39 is 0 Å². The van der Waals surface area contributed by atoms with E-state index in [1.807, 2.05) is 6.07 Å². The van der Waals surface area contributed by atoms with Crippen LogP contribution in [0.3, 0.4) is 0 Å². The Morgan fingerprint density at radius 1 is 1.00 bits per heavy atom. The van der Waals surface area contributed by atoms with Gasteiger partial charge < -0.3 is 10.1 Å². The lowest BCUT2D eigenvalue weighted by Gasteiger charge is -2.13. The number of H-pyrrole nitrogens is 1. The van der Waals surface area contributed by atoms with E-state index in [0.29, 0.717) is 5.02 Å². The van der Waals surface area contributed by atoms with Gasteiger partial charge in [0, 0.05) is 23.1 Å². The summed E-state index contributed by atoms with van der Waals surface area (Å²) in [7, 11) is 0. The van der Waals surface area contributed by atoms with Crippen LogP contribution in [0.1, 0.15) is 40.8 Å². The van der Waals surface area contributed by atoms with E-state index in [1.165, 1.54) is 22.3 Å². The normalized spacial score (nSPS) is 14.9. The average Bonchev–Trinajstić information content (AvgIpc) is 3.45. The molecule has 0 radical (unpaired) electrons. The van der Waals surface area contributed by atoms with Crippen LogP contribution in [0.15, 0.2) is 54.6 Å². The van der Waals surface area contributed by atoms with Crippen LogP contribution in [-0.4, -0.2) is 21.7 Å². The summed E-state index contributed by atoms with van der Waals surface area (Å²) >= 11 is 6.59. The zero-order chi connectivity index (χ0) is 20.9. The Kier molecular flexibility index (Phi) is 4.68.